The van der Waals surface area contributed by atoms with Crippen LogP contribution in [0.1, 0.15) is 329 Å². The molecule has 2 N–H and O–H groups in total. The van der Waals surface area contributed by atoms with Gasteiger partial charge in [0.15, 0.2) is 0 Å². The first-order valence-electron chi connectivity index (χ1n) is 32.7. The molecule has 3 atom stereocenters. The number of phosphoric ester groups is 1. The fraction of sp³-hybridized carbons (Fsp3) is 0.908. The predicted octanol–water partition coefficient (Wildman–Crippen LogP) is 20.1. The monoisotopic (exact) mass is 1080 g/mol. The third-order valence-electron chi connectivity index (χ3n) is 14.9. The maximum absolute atomic E-state index is 13.6. The second-order valence-electron chi connectivity index (χ2n) is 23.6. The minimum atomic E-state index is -4.45. The van der Waals surface area contributed by atoms with Crippen LogP contribution in [-0.4, -0.2) is 74.3 Å². The molecular weight excluding hydrogens is 952 g/mol. The van der Waals surface area contributed by atoms with Gasteiger partial charge in [0.05, 0.1) is 33.8 Å². The summed E-state index contributed by atoms with van der Waals surface area (Å²) in [5, 5.41) is 3.07. The smallest absolute Gasteiger partial charge is 0.456 e. The Morgan fingerprint density at radius 3 is 1.13 bits per heavy atom. The van der Waals surface area contributed by atoms with Crippen LogP contribution in [0.25, 0.3) is 0 Å². The number of likely N-dealkylation sites (N-methyl/N-ethyl adjacent to an activating group) is 1. The van der Waals surface area contributed by atoms with Crippen LogP contribution in [-0.2, 0) is 27.9 Å². The largest absolute Gasteiger partial charge is 0.472 e. The molecule has 3 unspecified atom stereocenters. The van der Waals surface area contributed by atoms with E-state index in [-0.39, 0.29) is 25.1 Å². The van der Waals surface area contributed by atoms with Gasteiger partial charge in [0, 0.05) is 12.8 Å². The Labute approximate surface area is 466 Å². The zero-order valence-corrected chi connectivity index (χ0v) is 51.7. The Kier molecular flexibility index (Phi) is 54.7. The van der Waals surface area contributed by atoms with Gasteiger partial charge < -0.3 is 19.4 Å². The predicted molar refractivity (Wildman–Crippen MR) is 323 cm³/mol. The Morgan fingerprint density at radius 2 is 0.773 bits per heavy atom. The lowest BCUT2D eigenvalue weighted by Gasteiger charge is -2.27. The SMILES string of the molecule is CCCCCCCC/C=C/CCCCCCCCCC(=O)OC(/C=C/CCCCCCCCCCCCC)C(COP(=O)(O)OCC[N+](C)(C)C)NC(=O)CCCCCCCCCCCCCCCCCCCCC. The summed E-state index contributed by atoms with van der Waals surface area (Å²) in [4.78, 5) is 37.8. The summed E-state index contributed by atoms with van der Waals surface area (Å²) in [7, 11) is 1.51. The number of carbonyl (C=O) groups is 2. The van der Waals surface area contributed by atoms with Gasteiger partial charge in [-0.3, -0.25) is 18.6 Å². The van der Waals surface area contributed by atoms with Crippen LogP contribution >= 0.6 is 7.82 Å². The first-order valence-corrected chi connectivity index (χ1v) is 34.2. The second kappa shape index (κ2) is 55.8. The molecule has 0 aromatic heterocycles. The van der Waals surface area contributed by atoms with Crippen molar-refractivity contribution in [3.05, 3.63) is 24.3 Å². The van der Waals surface area contributed by atoms with Gasteiger partial charge in [0.2, 0.25) is 5.91 Å². The molecular formula is C65H128N2O7P+. The molecule has 444 valence electrons. The number of amides is 1. The van der Waals surface area contributed by atoms with E-state index in [0.717, 1.165) is 57.8 Å². The Balaban J connectivity index is 5.21. The van der Waals surface area contributed by atoms with Crippen molar-refractivity contribution in [2.24, 2.45) is 0 Å². The van der Waals surface area contributed by atoms with Gasteiger partial charge in [-0.15, -0.1) is 0 Å². The van der Waals surface area contributed by atoms with Crippen LogP contribution in [0.2, 0.25) is 0 Å². The molecule has 0 saturated heterocycles. The van der Waals surface area contributed by atoms with Gasteiger partial charge in [-0.1, -0.05) is 283 Å². The summed E-state index contributed by atoms with van der Waals surface area (Å²) in [5.74, 6) is -0.491. The number of phosphoric acid groups is 1. The average Bonchev–Trinajstić information content (AvgIpc) is 3.37. The highest BCUT2D eigenvalue weighted by Crippen LogP contribution is 2.43. The van der Waals surface area contributed by atoms with Gasteiger partial charge in [-0.25, -0.2) is 4.57 Å². The van der Waals surface area contributed by atoms with Crippen LogP contribution in [0.4, 0.5) is 0 Å². The van der Waals surface area contributed by atoms with Crippen molar-refractivity contribution in [1.82, 2.24) is 5.32 Å². The lowest BCUT2D eigenvalue weighted by atomic mass is 10.0. The van der Waals surface area contributed by atoms with Crippen LogP contribution < -0.4 is 5.32 Å². The summed E-state index contributed by atoms with van der Waals surface area (Å²) < 4.78 is 30.8. The molecule has 0 aromatic rings. The zero-order chi connectivity index (χ0) is 55.0. The van der Waals surface area contributed by atoms with E-state index in [0.29, 0.717) is 23.9 Å². The van der Waals surface area contributed by atoms with Crippen molar-refractivity contribution in [1.29, 1.82) is 0 Å². The van der Waals surface area contributed by atoms with E-state index in [9.17, 15) is 19.0 Å². The van der Waals surface area contributed by atoms with E-state index < -0.39 is 20.0 Å². The maximum atomic E-state index is 13.6. The lowest BCUT2D eigenvalue weighted by Crippen LogP contribution is -2.47. The number of esters is 1. The molecule has 0 aromatic carbocycles. The van der Waals surface area contributed by atoms with Gasteiger partial charge in [-0.05, 0) is 57.4 Å². The van der Waals surface area contributed by atoms with E-state index in [2.05, 4.69) is 38.2 Å². The number of hydrogen-bond acceptors (Lipinski definition) is 6. The minimum absolute atomic E-state index is 0.0433. The molecule has 75 heavy (non-hydrogen) atoms. The third-order valence-corrected chi connectivity index (χ3v) is 15.9. The molecule has 0 heterocycles. The molecule has 0 bridgehead atoms. The van der Waals surface area contributed by atoms with Crippen molar-refractivity contribution in [2.45, 2.75) is 341 Å². The van der Waals surface area contributed by atoms with E-state index in [1.165, 1.54) is 238 Å². The maximum Gasteiger partial charge on any atom is 0.472 e. The number of allylic oxidation sites excluding steroid dienone is 3. The second-order valence-corrected chi connectivity index (χ2v) is 25.1. The van der Waals surface area contributed by atoms with Gasteiger partial charge in [0.25, 0.3) is 0 Å². The number of ether oxygens (including phenoxy) is 1. The first kappa shape index (κ1) is 73.5. The van der Waals surface area contributed by atoms with E-state index in [4.69, 9.17) is 13.8 Å². The van der Waals surface area contributed by atoms with E-state index >= 15 is 0 Å². The molecule has 0 fully saturated rings. The minimum Gasteiger partial charge on any atom is -0.456 e. The fourth-order valence-electron chi connectivity index (χ4n) is 9.82. The van der Waals surface area contributed by atoms with Crippen molar-refractivity contribution in [3.8, 4) is 0 Å². The van der Waals surface area contributed by atoms with Crippen LogP contribution in [0, 0.1) is 0 Å². The molecule has 0 radical (unpaired) electrons. The highest BCUT2D eigenvalue weighted by molar-refractivity contribution is 7.47. The molecule has 10 heteroatoms. The Bertz CT molecular complexity index is 1340. The number of rotatable bonds is 60. The van der Waals surface area contributed by atoms with Crippen LogP contribution in [0.3, 0.4) is 0 Å². The number of nitrogens with zero attached hydrogens (tertiary/aromatic N) is 1. The molecule has 0 aliphatic rings. The summed E-state index contributed by atoms with van der Waals surface area (Å²) in [6.45, 7) is 7.06. The number of unbranched alkanes of at least 4 members (excludes halogenated alkanes) is 42. The van der Waals surface area contributed by atoms with Crippen molar-refractivity contribution >= 4 is 19.7 Å². The Morgan fingerprint density at radius 1 is 0.453 bits per heavy atom. The van der Waals surface area contributed by atoms with Gasteiger partial charge >= 0.3 is 13.8 Å². The first-order chi connectivity index (χ1) is 36.4. The van der Waals surface area contributed by atoms with Gasteiger partial charge in [0.1, 0.15) is 19.3 Å². The molecule has 0 aliphatic heterocycles. The highest BCUT2D eigenvalue weighted by atomic mass is 31.2. The number of nitrogens with one attached hydrogen (secondary N) is 1. The van der Waals surface area contributed by atoms with Crippen molar-refractivity contribution < 1.29 is 37.3 Å². The lowest BCUT2D eigenvalue weighted by molar-refractivity contribution is -0.870. The summed E-state index contributed by atoms with van der Waals surface area (Å²) >= 11 is 0. The van der Waals surface area contributed by atoms with E-state index in [1.54, 1.807) is 0 Å². The highest BCUT2D eigenvalue weighted by Gasteiger charge is 2.30. The molecule has 9 nitrogen and oxygen atoms in total. The quantitative estimate of drug-likeness (QED) is 0.0205. The topological polar surface area (TPSA) is 111 Å². The zero-order valence-electron chi connectivity index (χ0n) is 50.8. The molecule has 0 spiro atoms. The molecule has 0 saturated carbocycles. The van der Waals surface area contributed by atoms with Crippen molar-refractivity contribution in [3.63, 3.8) is 0 Å². The fourth-order valence-corrected chi connectivity index (χ4v) is 10.6. The molecule has 0 rings (SSSR count). The van der Waals surface area contributed by atoms with Crippen LogP contribution in [0.15, 0.2) is 24.3 Å². The van der Waals surface area contributed by atoms with E-state index in [1.807, 2.05) is 33.3 Å². The standard InChI is InChI=1S/C65H127N2O7P/c1-7-10-13-16-19-22-25-28-30-32-33-35-36-39-42-45-48-51-54-57-64(68)66-62(61-73-75(70,71)72-60-59-67(4,5)6)63(56-53-50-47-44-41-38-27-24-21-18-15-12-9-3)74-65(69)58-55-52-49-46-43-40-37-34-31-29-26-23-20-17-14-11-8-2/h29,31,53,56,62-63H,7-28,30,32-52,54-55,57-61H2,1-6H3,(H-,66,68,70,71)/p+1/b31-29+,56-53+. The number of quaternary nitrogens is 1. The molecule has 0 aliphatic carbocycles. The number of hydrogen-bond donors (Lipinski definition) is 2. The summed E-state index contributed by atoms with van der Waals surface area (Å²) in [6.07, 6.45) is 66.0. The third kappa shape index (κ3) is 57.0. The molecule has 1 amide bonds. The average molecular weight is 1080 g/mol. The van der Waals surface area contributed by atoms with Gasteiger partial charge in [-0.2, -0.15) is 0 Å². The normalized spacial score (nSPS) is 13.7. The Hall–Kier alpha value is -1.51. The summed E-state index contributed by atoms with van der Waals surface area (Å²) in [5.41, 5.74) is 0. The number of carbonyl (C=O) groups excluding carboxylic acids is 2. The summed E-state index contributed by atoms with van der Waals surface area (Å²) in [6, 6.07) is -0.844. The van der Waals surface area contributed by atoms with Crippen LogP contribution in [0.5, 0.6) is 0 Å². The van der Waals surface area contributed by atoms with Crippen molar-refractivity contribution in [2.75, 3.05) is 40.9 Å².